The molecule has 1 N–H and O–H groups in total. The first kappa shape index (κ1) is 14.1. The van der Waals surface area contributed by atoms with Crippen LogP contribution in [0.3, 0.4) is 0 Å². The summed E-state index contributed by atoms with van der Waals surface area (Å²) in [5, 5.41) is 12.3. The number of fused-ring (bicyclic) bond motifs is 1. The van der Waals surface area contributed by atoms with Crippen molar-refractivity contribution in [2.45, 2.75) is 38.9 Å². The summed E-state index contributed by atoms with van der Waals surface area (Å²) in [7, 11) is 0. The molecule has 7 nitrogen and oxygen atoms in total. The van der Waals surface area contributed by atoms with E-state index < -0.39 is 0 Å². The predicted molar refractivity (Wildman–Crippen MR) is 85.1 cm³/mol. The van der Waals surface area contributed by atoms with Crippen LogP contribution in [0.1, 0.15) is 23.6 Å². The van der Waals surface area contributed by atoms with Crippen LogP contribution < -0.4 is 5.32 Å². The van der Waals surface area contributed by atoms with Crippen molar-refractivity contribution in [2.75, 3.05) is 0 Å². The number of benzene rings is 1. The fourth-order valence-corrected chi connectivity index (χ4v) is 3.07. The van der Waals surface area contributed by atoms with Gasteiger partial charge in [-0.1, -0.05) is 18.2 Å². The molecule has 0 unspecified atom stereocenters. The van der Waals surface area contributed by atoms with Crippen LogP contribution in [0.25, 0.3) is 5.69 Å². The maximum absolute atomic E-state index is 4.46. The summed E-state index contributed by atoms with van der Waals surface area (Å²) < 4.78 is 3.83. The maximum atomic E-state index is 4.46. The van der Waals surface area contributed by atoms with Gasteiger partial charge in [-0.3, -0.25) is 0 Å². The van der Waals surface area contributed by atoms with Gasteiger partial charge in [-0.05, 0) is 25.0 Å². The molecule has 0 spiro atoms. The Labute approximate surface area is 134 Å². The van der Waals surface area contributed by atoms with Crippen LogP contribution in [0.5, 0.6) is 0 Å². The van der Waals surface area contributed by atoms with Gasteiger partial charge in [0.25, 0.3) is 0 Å². The van der Waals surface area contributed by atoms with E-state index in [9.17, 15) is 0 Å². The molecule has 4 rings (SSSR count). The number of hydrogen-bond acceptors (Lipinski definition) is 5. The molecular formula is C16H19N7. The van der Waals surface area contributed by atoms with E-state index in [0.717, 1.165) is 43.3 Å². The number of aryl methyl sites for hydroxylation is 2. The molecule has 0 amide bonds. The fraction of sp³-hybridized carbons (Fsp3) is 0.375. The van der Waals surface area contributed by atoms with Crippen LogP contribution >= 0.6 is 0 Å². The first-order valence-corrected chi connectivity index (χ1v) is 7.86. The molecule has 3 aromatic rings. The molecule has 23 heavy (non-hydrogen) atoms. The molecule has 1 aliphatic rings. The minimum absolute atomic E-state index is 0.410. The number of hydrogen-bond donors (Lipinski definition) is 1. The van der Waals surface area contributed by atoms with Gasteiger partial charge in [0.15, 0.2) is 0 Å². The lowest BCUT2D eigenvalue weighted by Gasteiger charge is -2.24. The Bertz CT molecular complexity index is 791. The minimum Gasteiger partial charge on any atom is -0.308 e. The molecule has 0 bridgehead atoms. The van der Waals surface area contributed by atoms with Gasteiger partial charge < -0.3 is 5.32 Å². The highest BCUT2D eigenvalue weighted by Crippen LogP contribution is 2.16. The van der Waals surface area contributed by atoms with E-state index in [-0.39, 0.29) is 0 Å². The lowest BCUT2D eigenvalue weighted by molar-refractivity contribution is 0.357. The molecule has 0 radical (unpaired) electrons. The Morgan fingerprint density at radius 1 is 1.30 bits per heavy atom. The van der Waals surface area contributed by atoms with Gasteiger partial charge in [-0.15, -0.1) is 0 Å². The number of rotatable bonds is 4. The summed E-state index contributed by atoms with van der Waals surface area (Å²) >= 11 is 0. The van der Waals surface area contributed by atoms with Crippen molar-refractivity contribution in [3.8, 4) is 5.69 Å². The van der Waals surface area contributed by atoms with E-state index in [1.54, 1.807) is 17.3 Å². The average molecular weight is 309 g/mol. The van der Waals surface area contributed by atoms with E-state index in [4.69, 9.17) is 0 Å². The zero-order chi connectivity index (χ0) is 15.6. The van der Waals surface area contributed by atoms with E-state index in [1.165, 1.54) is 5.56 Å². The third-order valence-electron chi connectivity index (χ3n) is 4.20. The molecular weight excluding hydrogens is 290 g/mol. The monoisotopic (exact) mass is 309 g/mol. The highest BCUT2D eigenvalue weighted by Gasteiger charge is 2.20. The van der Waals surface area contributed by atoms with E-state index >= 15 is 0 Å². The first-order valence-electron chi connectivity index (χ1n) is 7.86. The number of nitrogens with one attached hydrogen (secondary N) is 1. The second kappa shape index (κ2) is 5.92. The number of para-hydroxylation sites is 1. The molecule has 1 aromatic carbocycles. The predicted octanol–water partition coefficient (Wildman–Crippen LogP) is 1.27. The summed E-state index contributed by atoms with van der Waals surface area (Å²) in [6.07, 6.45) is 5.34. The number of aromatic nitrogens is 6. The lowest BCUT2D eigenvalue weighted by Crippen LogP contribution is -2.37. The summed E-state index contributed by atoms with van der Waals surface area (Å²) in [6.45, 7) is 3.62. The van der Waals surface area contributed by atoms with Crippen molar-refractivity contribution < 1.29 is 0 Å². The Hall–Kier alpha value is -2.54. The van der Waals surface area contributed by atoms with Crippen molar-refractivity contribution >= 4 is 0 Å². The third kappa shape index (κ3) is 2.87. The summed E-state index contributed by atoms with van der Waals surface area (Å²) in [5.74, 6) is 1.96. The highest BCUT2D eigenvalue weighted by atomic mass is 15.4. The van der Waals surface area contributed by atoms with Gasteiger partial charge in [-0.25, -0.2) is 19.3 Å². The summed E-state index contributed by atoms with van der Waals surface area (Å²) in [5.41, 5.74) is 2.27. The molecule has 0 saturated carbocycles. The molecule has 1 aliphatic heterocycles. The maximum Gasteiger partial charge on any atom is 0.147 e. The molecule has 2 aromatic heterocycles. The zero-order valence-electron chi connectivity index (χ0n) is 13.1. The van der Waals surface area contributed by atoms with Crippen LogP contribution in [-0.4, -0.2) is 35.6 Å². The topological polar surface area (TPSA) is 73.5 Å². The standard InChI is InChI=1S/C16H19N7/c1-12-20-16-7-6-14(9-22(16)21-12)18-8-13-4-2-3-5-15(13)23-11-17-10-19-23/h2-5,10-11,14,18H,6-9H2,1H3/t14-/m1/s1. The van der Waals surface area contributed by atoms with Crippen molar-refractivity contribution in [1.29, 1.82) is 0 Å². The second-order valence-corrected chi connectivity index (χ2v) is 5.84. The van der Waals surface area contributed by atoms with E-state index in [1.807, 2.05) is 17.7 Å². The molecule has 3 heterocycles. The second-order valence-electron chi connectivity index (χ2n) is 5.84. The Morgan fingerprint density at radius 3 is 3.09 bits per heavy atom. The molecule has 118 valence electrons. The third-order valence-corrected chi connectivity index (χ3v) is 4.20. The van der Waals surface area contributed by atoms with Crippen molar-refractivity contribution in [1.82, 2.24) is 34.8 Å². The van der Waals surface area contributed by atoms with E-state index in [0.29, 0.717) is 6.04 Å². The Balaban J connectivity index is 1.46. The van der Waals surface area contributed by atoms with Crippen molar-refractivity contribution in [3.63, 3.8) is 0 Å². The molecule has 0 aliphatic carbocycles. The fourth-order valence-electron chi connectivity index (χ4n) is 3.07. The van der Waals surface area contributed by atoms with E-state index in [2.05, 4.69) is 43.7 Å². The van der Waals surface area contributed by atoms with Crippen LogP contribution in [0.2, 0.25) is 0 Å². The molecule has 1 atom stereocenters. The van der Waals surface area contributed by atoms with Gasteiger partial charge in [0, 0.05) is 19.0 Å². The van der Waals surface area contributed by atoms with Crippen LogP contribution in [0, 0.1) is 6.92 Å². The van der Waals surface area contributed by atoms with Gasteiger partial charge in [0.1, 0.15) is 24.3 Å². The summed E-state index contributed by atoms with van der Waals surface area (Å²) in [6, 6.07) is 8.67. The quantitative estimate of drug-likeness (QED) is 0.786. The van der Waals surface area contributed by atoms with Gasteiger partial charge in [0.05, 0.1) is 12.2 Å². The smallest absolute Gasteiger partial charge is 0.147 e. The molecule has 7 heteroatoms. The lowest BCUT2D eigenvalue weighted by atomic mass is 10.1. The minimum atomic E-state index is 0.410. The molecule has 0 fully saturated rings. The van der Waals surface area contributed by atoms with Crippen molar-refractivity contribution in [3.05, 3.63) is 54.1 Å². The highest BCUT2D eigenvalue weighted by molar-refractivity contribution is 5.39. The number of nitrogens with zero attached hydrogens (tertiary/aromatic N) is 6. The Kier molecular flexibility index (Phi) is 3.63. The van der Waals surface area contributed by atoms with Crippen molar-refractivity contribution in [2.24, 2.45) is 0 Å². The van der Waals surface area contributed by atoms with Gasteiger partial charge in [0.2, 0.25) is 0 Å². The Morgan fingerprint density at radius 2 is 2.22 bits per heavy atom. The normalized spacial score (nSPS) is 17.2. The van der Waals surface area contributed by atoms with Crippen LogP contribution in [-0.2, 0) is 19.5 Å². The van der Waals surface area contributed by atoms with Gasteiger partial charge in [-0.2, -0.15) is 10.2 Å². The SMILES string of the molecule is Cc1nc2n(n1)C[C@H](NCc1ccccc1-n1cncn1)CC2. The first-order chi connectivity index (χ1) is 11.3. The average Bonchev–Trinajstić information content (AvgIpc) is 3.21. The summed E-state index contributed by atoms with van der Waals surface area (Å²) in [4.78, 5) is 8.49. The van der Waals surface area contributed by atoms with Crippen LogP contribution in [0.4, 0.5) is 0 Å². The molecule has 0 saturated heterocycles. The van der Waals surface area contributed by atoms with Gasteiger partial charge >= 0.3 is 0 Å². The largest absolute Gasteiger partial charge is 0.308 e. The zero-order valence-corrected chi connectivity index (χ0v) is 13.1. The van der Waals surface area contributed by atoms with Crippen LogP contribution in [0.15, 0.2) is 36.9 Å².